The first-order valence-electron chi connectivity index (χ1n) is 10.1. The van der Waals surface area contributed by atoms with Crippen LogP contribution in [0.3, 0.4) is 0 Å². The Hall–Kier alpha value is -3.35. The van der Waals surface area contributed by atoms with Gasteiger partial charge in [0, 0.05) is 31.0 Å². The van der Waals surface area contributed by atoms with E-state index in [1.807, 2.05) is 24.3 Å². The van der Waals surface area contributed by atoms with Gasteiger partial charge in [0.25, 0.3) is 0 Å². The number of carbonyl (C=O) groups excluding carboxylic acids is 1. The monoisotopic (exact) mass is 411 g/mol. The van der Waals surface area contributed by atoms with Crippen LogP contribution in [0.1, 0.15) is 38.7 Å². The van der Waals surface area contributed by atoms with Crippen molar-refractivity contribution in [3.05, 3.63) is 53.9 Å². The zero-order valence-electron chi connectivity index (χ0n) is 17.7. The molecule has 1 aromatic carbocycles. The number of amides is 2. The van der Waals surface area contributed by atoms with Crippen molar-refractivity contribution < 1.29 is 19.4 Å². The molecule has 0 unspecified atom stereocenters. The molecule has 7 nitrogen and oxygen atoms in total. The second-order valence-corrected chi connectivity index (χ2v) is 6.77. The molecule has 0 atom stereocenters. The first kappa shape index (κ1) is 22.9. The van der Waals surface area contributed by atoms with Crippen molar-refractivity contribution in [2.24, 2.45) is 0 Å². The summed E-state index contributed by atoms with van der Waals surface area (Å²) in [7, 11) is 1.73. The fourth-order valence-electron chi connectivity index (χ4n) is 2.81. The molecule has 2 rings (SSSR count). The van der Waals surface area contributed by atoms with E-state index in [2.05, 4.69) is 17.2 Å². The van der Waals surface area contributed by atoms with Crippen LogP contribution in [0.25, 0.3) is 17.3 Å². The second-order valence-electron chi connectivity index (χ2n) is 6.77. The molecule has 7 heteroatoms. The van der Waals surface area contributed by atoms with Crippen LogP contribution in [0.4, 0.5) is 10.5 Å². The topological polar surface area (TPSA) is 91.8 Å². The number of urea groups is 1. The molecule has 2 amide bonds. The van der Waals surface area contributed by atoms with Gasteiger partial charge in [-0.25, -0.2) is 9.59 Å². The summed E-state index contributed by atoms with van der Waals surface area (Å²) in [6.45, 7) is 4.79. The molecule has 0 saturated heterocycles. The lowest BCUT2D eigenvalue weighted by molar-refractivity contribution is -0.136. The van der Waals surface area contributed by atoms with E-state index in [9.17, 15) is 9.59 Å². The highest BCUT2D eigenvalue weighted by Crippen LogP contribution is 2.23. The zero-order chi connectivity index (χ0) is 21.9. The van der Waals surface area contributed by atoms with E-state index < -0.39 is 5.97 Å². The van der Waals surface area contributed by atoms with Crippen molar-refractivity contribution in [1.29, 1.82) is 0 Å². The summed E-state index contributed by atoms with van der Waals surface area (Å²) >= 11 is 0. The third-order valence-corrected chi connectivity index (χ3v) is 4.49. The molecular weight excluding hydrogens is 382 g/mol. The van der Waals surface area contributed by atoms with E-state index in [-0.39, 0.29) is 18.4 Å². The maximum atomic E-state index is 12.3. The largest absolute Gasteiger partial charge is 0.487 e. The number of benzene rings is 1. The molecule has 0 fully saturated rings. The van der Waals surface area contributed by atoms with Crippen LogP contribution in [0.5, 0.6) is 0 Å². The minimum Gasteiger partial charge on any atom is -0.487 e. The average Bonchev–Trinajstić information content (AvgIpc) is 2.76. The summed E-state index contributed by atoms with van der Waals surface area (Å²) in [6, 6.07) is 11.0. The van der Waals surface area contributed by atoms with Gasteiger partial charge in [0.05, 0.1) is 12.3 Å². The van der Waals surface area contributed by atoms with E-state index in [1.54, 1.807) is 37.2 Å². The average molecular weight is 412 g/mol. The van der Waals surface area contributed by atoms with Crippen molar-refractivity contribution in [3.63, 3.8) is 0 Å². The smallest absolute Gasteiger partial charge is 0.371 e. The van der Waals surface area contributed by atoms with E-state index in [1.165, 1.54) is 6.08 Å². The number of hydrogen-bond donors (Lipinski definition) is 2. The number of nitrogens with one attached hydrogen (secondary N) is 1. The van der Waals surface area contributed by atoms with Crippen molar-refractivity contribution in [2.75, 3.05) is 25.1 Å². The number of aromatic nitrogens is 1. The summed E-state index contributed by atoms with van der Waals surface area (Å²) in [5.41, 5.74) is 2.97. The molecule has 0 aliphatic carbocycles. The van der Waals surface area contributed by atoms with Crippen LogP contribution in [0.2, 0.25) is 0 Å². The Morgan fingerprint density at radius 3 is 2.63 bits per heavy atom. The van der Waals surface area contributed by atoms with Gasteiger partial charge in [-0.15, -0.1) is 0 Å². The van der Waals surface area contributed by atoms with Crippen LogP contribution >= 0.6 is 0 Å². The van der Waals surface area contributed by atoms with Crippen molar-refractivity contribution in [1.82, 2.24) is 10.3 Å². The quantitative estimate of drug-likeness (QED) is 0.340. The van der Waals surface area contributed by atoms with Crippen molar-refractivity contribution >= 4 is 23.8 Å². The summed E-state index contributed by atoms with van der Waals surface area (Å²) in [4.78, 5) is 29.5. The summed E-state index contributed by atoms with van der Waals surface area (Å²) in [5.74, 6) is -1.25. The minimum absolute atomic E-state index is 0.124. The lowest BCUT2D eigenvalue weighted by atomic mass is 10.1. The second kappa shape index (κ2) is 11.6. The Bertz CT molecular complexity index is 878. The van der Waals surface area contributed by atoms with Gasteiger partial charge < -0.3 is 15.2 Å². The van der Waals surface area contributed by atoms with E-state index in [4.69, 9.17) is 9.84 Å². The Labute approximate surface area is 177 Å². The van der Waals surface area contributed by atoms with Gasteiger partial charge in [0.1, 0.15) is 0 Å². The maximum Gasteiger partial charge on any atom is 0.371 e. The molecule has 0 spiro atoms. The Kier molecular flexibility index (Phi) is 8.87. The van der Waals surface area contributed by atoms with Gasteiger partial charge in [-0.05, 0) is 43.2 Å². The summed E-state index contributed by atoms with van der Waals surface area (Å²) in [5, 5.41) is 12.1. The number of unbranched alkanes of at least 4 members (excludes halogenated alkanes) is 2. The number of rotatable bonds is 10. The molecule has 0 aliphatic heterocycles. The highest BCUT2D eigenvalue weighted by Gasteiger charge is 2.12. The first-order chi connectivity index (χ1) is 14.5. The lowest BCUT2D eigenvalue weighted by Crippen LogP contribution is -2.37. The molecule has 30 heavy (non-hydrogen) atoms. The predicted octanol–water partition coefficient (Wildman–Crippen LogP) is 4.55. The number of ether oxygens (including phenoxy) is 1. The van der Waals surface area contributed by atoms with E-state index >= 15 is 0 Å². The molecule has 2 aromatic rings. The molecule has 1 aromatic heterocycles. The van der Waals surface area contributed by atoms with Crippen LogP contribution in [0, 0.1) is 0 Å². The third-order valence-electron chi connectivity index (χ3n) is 4.49. The number of pyridine rings is 1. The van der Waals surface area contributed by atoms with Gasteiger partial charge in [-0.2, -0.15) is 0 Å². The molecule has 0 saturated carbocycles. The molecule has 0 radical (unpaired) electrons. The standard InChI is InChI=1S/C23H29N3O4/c1-4-6-7-13-24-23(29)26(3)19-10-8-9-18(15-19)20-12-11-17(16-25-20)14-21(22(27)28)30-5-2/h8-12,14-16H,4-7,13H2,1-3H3,(H,24,29)(H,27,28)/b21-14+. The summed E-state index contributed by atoms with van der Waals surface area (Å²) in [6.07, 6.45) is 6.20. The minimum atomic E-state index is -1.12. The van der Waals surface area contributed by atoms with E-state index in [0.29, 0.717) is 12.1 Å². The third kappa shape index (κ3) is 6.62. The molecular formula is C23H29N3O4. The zero-order valence-corrected chi connectivity index (χ0v) is 17.7. The molecule has 0 aliphatic rings. The predicted molar refractivity (Wildman–Crippen MR) is 118 cm³/mol. The maximum absolute atomic E-state index is 12.3. The number of carbonyl (C=O) groups is 2. The van der Waals surface area contributed by atoms with Gasteiger partial charge in [-0.1, -0.05) is 38.0 Å². The van der Waals surface area contributed by atoms with Crippen LogP contribution < -0.4 is 10.2 Å². The Morgan fingerprint density at radius 2 is 2.00 bits per heavy atom. The van der Waals surface area contributed by atoms with Crippen LogP contribution in [0.15, 0.2) is 48.4 Å². The molecule has 0 bridgehead atoms. The van der Waals surface area contributed by atoms with Crippen molar-refractivity contribution in [2.45, 2.75) is 33.1 Å². The number of aliphatic carboxylic acids is 1. The number of anilines is 1. The summed E-state index contributed by atoms with van der Waals surface area (Å²) < 4.78 is 5.12. The number of carboxylic acids is 1. The van der Waals surface area contributed by atoms with Gasteiger partial charge in [0.2, 0.25) is 5.76 Å². The number of hydrogen-bond acceptors (Lipinski definition) is 4. The molecule has 1 heterocycles. The first-order valence-corrected chi connectivity index (χ1v) is 10.1. The van der Waals surface area contributed by atoms with Crippen molar-refractivity contribution in [3.8, 4) is 11.3 Å². The fourth-order valence-corrected chi connectivity index (χ4v) is 2.81. The SMILES string of the molecule is CCCCCNC(=O)N(C)c1cccc(-c2ccc(/C=C(/OCC)C(=O)O)cn2)c1. The Morgan fingerprint density at radius 1 is 1.20 bits per heavy atom. The number of nitrogens with zero attached hydrogens (tertiary/aromatic N) is 2. The van der Waals surface area contributed by atoms with E-state index in [0.717, 1.165) is 36.2 Å². The normalized spacial score (nSPS) is 11.1. The highest BCUT2D eigenvalue weighted by molar-refractivity contribution is 5.92. The van der Waals surface area contributed by atoms with Gasteiger partial charge in [-0.3, -0.25) is 9.88 Å². The lowest BCUT2D eigenvalue weighted by Gasteiger charge is -2.19. The van der Waals surface area contributed by atoms with Gasteiger partial charge >= 0.3 is 12.0 Å². The van der Waals surface area contributed by atoms with Crippen LogP contribution in [-0.2, 0) is 9.53 Å². The van der Waals surface area contributed by atoms with Crippen LogP contribution in [-0.4, -0.2) is 42.3 Å². The number of carboxylic acid groups (broad SMARTS) is 1. The fraction of sp³-hybridized carbons (Fsp3) is 0.348. The highest BCUT2D eigenvalue weighted by atomic mass is 16.5. The Balaban J connectivity index is 2.12. The molecule has 160 valence electrons. The molecule has 2 N–H and O–H groups in total. The van der Waals surface area contributed by atoms with Gasteiger partial charge in [0.15, 0.2) is 0 Å².